The molecule has 4 heteroatoms. The summed E-state index contributed by atoms with van der Waals surface area (Å²) in [6.07, 6.45) is 8.13. The number of rotatable bonds is 6. The maximum atomic E-state index is 5.83. The van der Waals surface area contributed by atoms with Crippen molar-refractivity contribution in [3.63, 3.8) is 0 Å². The highest BCUT2D eigenvalue weighted by molar-refractivity contribution is 5.57. The smallest absolute Gasteiger partial charge is 0.137 e. The Morgan fingerprint density at radius 3 is 2.87 bits per heavy atom. The number of benzene rings is 1. The van der Waals surface area contributed by atoms with Crippen LogP contribution in [0.15, 0.2) is 36.7 Å². The van der Waals surface area contributed by atoms with Gasteiger partial charge in [0.15, 0.2) is 0 Å². The molecule has 2 aliphatic heterocycles. The van der Waals surface area contributed by atoms with Crippen molar-refractivity contribution >= 4 is 5.69 Å². The normalized spacial score (nSPS) is 18.9. The summed E-state index contributed by atoms with van der Waals surface area (Å²) in [5.74, 6) is 0.881. The number of nitrogens with one attached hydrogen (secondary N) is 2. The topological polar surface area (TPSA) is 46.2 Å². The highest BCUT2D eigenvalue weighted by Crippen LogP contribution is 2.24. The van der Waals surface area contributed by atoms with Crippen molar-refractivity contribution in [1.82, 2.24) is 10.3 Å². The Morgan fingerprint density at radius 2 is 2.00 bits per heavy atom. The van der Waals surface area contributed by atoms with Crippen molar-refractivity contribution in [2.45, 2.75) is 31.7 Å². The first-order valence-electron chi connectivity index (χ1n) is 8.52. The predicted molar refractivity (Wildman–Crippen MR) is 92.2 cm³/mol. The number of ether oxygens (including phenoxy) is 1. The van der Waals surface area contributed by atoms with E-state index in [1.165, 1.54) is 28.8 Å². The van der Waals surface area contributed by atoms with Crippen LogP contribution in [0.25, 0.3) is 0 Å². The summed E-state index contributed by atoms with van der Waals surface area (Å²) in [6.45, 7) is 2.92. The number of aryl methyl sites for hydroxylation is 2. The van der Waals surface area contributed by atoms with E-state index in [1.54, 1.807) is 0 Å². The first-order chi connectivity index (χ1) is 11.4. The van der Waals surface area contributed by atoms with Crippen LogP contribution < -0.4 is 15.4 Å². The van der Waals surface area contributed by atoms with Gasteiger partial charge < -0.3 is 15.4 Å². The molecular formula is C19H23N3O. The summed E-state index contributed by atoms with van der Waals surface area (Å²) in [4.78, 5) is 4.32. The first kappa shape index (κ1) is 14.5. The van der Waals surface area contributed by atoms with Crippen molar-refractivity contribution in [3.05, 3.63) is 53.3 Å². The van der Waals surface area contributed by atoms with Crippen LogP contribution in [0, 0.1) is 0 Å². The molecule has 0 spiro atoms. The summed E-state index contributed by atoms with van der Waals surface area (Å²) in [6, 6.07) is 9.43. The fraction of sp³-hybridized carbons (Fsp3) is 0.421. The Morgan fingerprint density at radius 1 is 1.09 bits per heavy atom. The van der Waals surface area contributed by atoms with Crippen LogP contribution in [0.3, 0.4) is 0 Å². The molecule has 0 unspecified atom stereocenters. The molecule has 0 aliphatic carbocycles. The van der Waals surface area contributed by atoms with Gasteiger partial charge in [-0.1, -0.05) is 12.1 Å². The number of pyridine rings is 1. The fourth-order valence-electron chi connectivity index (χ4n) is 3.15. The number of anilines is 1. The molecule has 0 bridgehead atoms. The third kappa shape index (κ3) is 3.48. The molecule has 2 aromatic rings. The van der Waals surface area contributed by atoms with Gasteiger partial charge in [-0.05, 0) is 61.1 Å². The molecule has 0 radical (unpaired) electrons. The Labute approximate surface area is 137 Å². The number of aromatic nitrogens is 1. The summed E-state index contributed by atoms with van der Waals surface area (Å²) in [5, 5.41) is 6.79. The largest absolute Gasteiger partial charge is 0.490 e. The van der Waals surface area contributed by atoms with Crippen LogP contribution in [0.4, 0.5) is 5.69 Å². The fourth-order valence-corrected chi connectivity index (χ4v) is 3.15. The first-order valence-corrected chi connectivity index (χ1v) is 8.52. The number of hydrogen-bond acceptors (Lipinski definition) is 4. The summed E-state index contributed by atoms with van der Waals surface area (Å²) in [5.41, 5.74) is 5.36. The molecule has 120 valence electrons. The van der Waals surface area contributed by atoms with E-state index in [4.69, 9.17) is 4.74 Å². The van der Waals surface area contributed by atoms with E-state index in [2.05, 4.69) is 39.9 Å². The van der Waals surface area contributed by atoms with Crippen molar-refractivity contribution in [3.8, 4) is 5.75 Å². The molecule has 4 nitrogen and oxygen atoms in total. The minimum absolute atomic E-state index is 0.512. The molecule has 1 atom stereocenters. The molecule has 1 saturated heterocycles. The summed E-state index contributed by atoms with van der Waals surface area (Å²) >= 11 is 0. The number of nitrogens with zero attached hydrogens (tertiary/aromatic N) is 1. The Hall–Kier alpha value is -2.07. The average Bonchev–Trinajstić information content (AvgIpc) is 2.99. The molecule has 1 aromatic heterocycles. The molecule has 2 aliphatic rings. The molecule has 0 saturated carbocycles. The van der Waals surface area contributed by atoms with Gasteiger partial charge in [-0.25, -0.2) is 0 Å². The van der Waals surface area contributed by atoms with E-state index < -0.39 is 0 Å². The van der Waals surface area contributed by atoms with Crippen molar-refractivity contribution in [1.29, 1.82) is 0 Å². The second kappa shape index (κ2) is 6.59. The van der Waals surface area contributed by atoms with Gasteiger partial charge in [-0.2, -0.15) is 0 Å². The minimum atomic E-state index is 0.512. The molecule has 4 rings (SSSR count). The van der Waals surface area contributed by atoms with Crippen LogP contribution in [0.5, 0.6) is 5.75 Å². The van der Waals surface area contributed by atoms with E-state index >= 15 is 0 Å². The second-order valence-corrected chi connectivity index (χ2v) is 6.45. The second-order valence-electron chi connectivity index (χ2n) is 6.45. The Bertz CT molecular complexity index is 682. The van der Waals surface area contributed by atoms with Crippen LogP contribution >= 0.6 is 0 Å². The third-order valence-electron chi connectivity index (χ3n) is 4.73. The molecule has 3 heterocycles. The molecule has 0 amide bonds. The van der Waals surface area contributed by atoms with Gasteiger partial charge in [0.1, 0.15) is 12.4 Å². The molecule has 1 aromatic carbocycles. The van der Waals surface area contributed by atoms with Gasteiger partial charge in [-0.15, -0.1) is 0 Å². The zero-order valence-corrected chi connectivity index (χ0v) is 13.3. The van der Waals surface area contributed by atoms with Gasteiger partial charge >= 0.3 is 0 Å². The van der Waals surface area contributed by atoms with Gasteiger partial charge in [0.2, 0.25) is 0 Å². The maximum Gasteiger partial charge on any atom is 0.137 e. The highest BCUT2D eigenvalue weighted by atomic mass is 16.5. The lowest BCUT2D eigenvalue weighted by Crippen LogP contribution is -2.46. The maximum absolute atomic E-state index is 5.83. The molecule has 2 N–H and O–H groups in total. The van der Waals surface area contributed by atoms with Crippen molar-refractivity contribution in [2.75, 3.05) is 25.0 Å². The summed E-state index contributed by atoms with van der Waals surface area (Å²) in [7, 11) is 0. The van der Waals surface area contributed by atoms with E-state index in [0.717, 1.165) is 44.7 Å². The lowest BCUT2D eigenvalue weighted by Gasteiger charge is -2.27. The Kier molecular flexibility index (Phi) is 4.16. The zero-order chi connectivity index (χ0) is 15.5. The van der Waals surface area contributed by atoms with Gasteiger partial charge in [-0.3, -0.25) is 4.98 Å². The highest BCUT2D eigenvalue weighted by Gasteiger charge is 2.16. The number of hydrogen-bond donors (Lipinski definition) is 2. The van der Waals surface area contributed by atoms with Crippen LogP contribution in [-0.2, 0) is 19.3 Å². The number of fused-ring (bicyclic) bond motifs is 1. The van der Waals surface area contributed by atoms with E-state index in [9.17, 15) is 0 Å². The zero-order valence-electron chi connectivity index (χ0n) is 13.3. The van der Waals surface area contributed by atoms with Crippen molar-refractivity contribution in [2.24, 2.45) is 0 Å². The SMILES string of the molecule is c1cc2c(cc1CCc1cncc(OC[C@@H]3CCN3)c1)NCC2. The van der Waals surface area contributed by atoms with Gasteiger partial charge in [0.05, 0.1) is 6.20 Å². The summed E-state index contributed by atoms with van der Waals surface area (Å²) < 4.78 is 5.83. The monoisotopic (exact) mass is 309 g/mol. The predicted octanol–water partition coefficient (Wildman–Crippen LogP) is 2.58. The third-order valence-corrected chi connectivity index (χ3v) is 4.73. The quantitative estimate of drug-likeness (QED) is 0.861. The average molecular weight is 309 g/mol. The van der Waals surface area contributed by atoms with Gasteiger partial charge in [0, 0.05) is 24.5 Å². The molecule has 1 fully saturated rings. The van der Waals surface area contributed by atoms with Crippen molar-refractivity contribution < 1.29 is 4.74 Å². The Balaban J connectivity index is 1.34. The van der Waals surface area contributed by atoms with E-state index in [0.29, 0.717) is 6.04 Å². The molecule has 23 heavy (non-hydrogen) atoms. The van der Waals surface area contributed by atoms with Crippen LogP contribution in [-0.4, -0.2) is 30.7 Å². The van der Waals surface area contributed by atoms with Crippen LogP contribution in [0.2, 0.25) is 0 Å². The standard InChI is InChI=1S/C19H23N3O/c1(14-3-4-16-5-7-22-19(16)10-14)2-15-9-18(12-20-11-15)23-13-17-6-8-21-17/h3-4,9-12,17,21-22H,1-2,5-8,13H2/t17-/m0/s1. The van der Waals surface area contributed by atoms with Crippen LogP contribution in [0.1, 0.15) is 23.1 Å². The van der Waals surface area contributed by atoms with E-state index in [-0.39, 0.29) is 0 Å². The minimum Gasteiger partial charge on any atom is -0.490 e. The van der Waals surface area contributed by atoms with Gasteiger partial charge in [0.25, 0.3) is 0 Å². The van der Waals surface area contributed by atoms with E-state index in [1.807, 2.05) is 12.4 Å². The molecular weight excluding hydrogens is 286 g/mol. The lowest BCUT2D eigenvalue weighted by atomic mass is 10.0. The lowest BCUT2D eigenvalue weighted by molar-refractivity contribution is 0.217.